The summed E-state index contributed by atoms with van der Waals surface area (Å²) in [5.74, 6) is 0.746. The van der Waals surface area contributed by atoms with Crippen LogP contribution in [0.4, 0.5) is 0 Å². The van der Waals surface area contributed by atoms with Crippen LogP contribution in [-0.4, -0.2) is 44.5 Å². The van der Waals surface area contributed by atoms with Crippen molar-refractivity contribution in [2.24, 2.45) is 0 Å². The monoisotopic (exact) mass is 435 g/mol. The first-order chi connectivity index (χ1) is 17.8. The molecule has 0 saturated carbocycles. The van der Waals surface area contributed by atoms with Crippen molar-refractivity contribution in [3.8, 4) is 5.75 Å². The predicted molar refractivity (Wildman–Crippen MR) is 130 cm³/mol. The number of rotatable bonds is 7. The molecule has 168 valence electrons. The van der Waals surface area contributed by atoms with Gasteiger partial charge in [-0.2, -0.15) is 0 Å². The van der Waals surface area contributed by atoms with Gasteiger partial charge in [0.15, 0.2) is 1.41 Å². The number of fused-ring (bicyclic) bond motifs is 1. The van der Waals surface area contributed by atoms with Gasteiger partial charge in [0, 0.05) is 16.9 Å². The largest absolute Gasteiger partial charge is 0.497 e. The molecule has 1 fully saturated rings. The van der Waals surface area contributed by atoms with Gasteiger partial charge in [-0.3, -0.25) is 0 Å². The number of nitrogens with zero attached hydrogens (tertiary/aromatic N) is 1. The molecule has 2 atom stereocenters. The molecule has 2 aromatic rings. The van der Waals surface area contributed by atoms with Crippen LogP contribution in [0.3, 0.4) is 0 Å². The van der Waals surface area contributed by atoms with E-state index in [0.717, 1.165) is 71.2 Å². The van der Waals surface area contributed by atoms with Crippen LogP contribution in [0.2, 0.25) is 1.41 Å². The summed E-state index contributed by atoms with van der Waals surface area (Å²) in [6.45, 7) is 2.66. The minimum atomic E-state index is -2.46. The van der Waals surface area contributed by atoms with E-state index in [1.807, 2.05) is 48.5 Å². The highest BCUT2D eigenvalue weighted by Crippen LogP contribution is 2.43. The van der Waals surface area contributed by atoms with Crippen molar-refractivity contribution in [3.63, 3.8) is 0 Å². The summed E-state index contributed by atoms with van der Waals surface area (Å²) in [6, 6.07) is 15.8. The molecule has 4 heteroatoms. The molecule has 2 heterocycles. The van der Waals surface area contributed by atoms with E-state index in [-0.39, 0.29) is 6.61 Å². The van der Waals surface area contributed by atoms with Crippen LogP contribution < -0.4 is 10.0 Å². The zero-order valence-corrected chi connectivity index (χ0v) is 18.6. The molecule has 32 heavy (non-hydrogen) atoms. The van der Waals surface area contributed by atoms with Gasteiger partial charge in [-0.05, 0) is 97.1 Å². The lowest BCUT2D eigenvalue weighted by atomic mass is 9.78. The Morgan fingerprint density at radius 3 is 2.81 bits per heavy atom. The normalized spacial score (nSPS) is 29.9. The standard InChI is InChI=1S/C28H34N2O2/c1-31-24-11-13-26-22(19-24)9-12-25(21-7-3-2-4-8-21)28(26)23-10-14-27(29-20-23)32-18-17-30-15-5-6-16-30/h2-4,7-8,11,13,19-20,27,29H,5-6,9-10,12,14-18H2,1H3/i10D,14D2,27D/hD. The highest BCUT2D eigenvalue weighted by molar-refractivity contribution is 6.00. The maximum absolute atomic E-state index is 9.07. The number of hydrogen-bond donors (Lipinski definition) is 1. The summed E-state index contributed by atoms with van der Waals surface area (Å²) < 4.78 is 55.6. The molecule has 1 aliphatic carbocycles. The Morgan fingerprint density at radius 1 is 1.16 bits per heavy atom. The smallest absolute Gasteiger partial charge is 0.162 e. The summed E-state index contributed by atoms with van der Waals surface area (Å²) in [4.78, 5) is 2.22. The first kappa shape index (κ1) is 16.1. The second-order valence-electron chi connectivity index (χ2n) is 8.45. The van der Waals surface area contributed by atoms with Crippen molar-refractivity contribution in [3.05, 3.63) is 77.0 Å². The van der Waals surface area contributed by atoms with Crippen LogP contribution in [0.1, 0.15) is 54.2 Å². The fraction of sp³-hybridized carbons (Fsp3) is 0.429. The van der Waals surface area contributed by atoms with Gasteiger partial charge < -0.3 is 19.7 Å². The predicted octanol–water partition coefficient (Wildman–Crippen LogP) is 5.26. The molecule has 0 spiro atoms. The Balaban J connectivity index is 1.56. The lowest BCUT2D eigenvalue weighted by molar-refractivity contribution is 0.0202. The molecule has 2 unspecified atom stereocenters. The van der Waals surface area contributed by atoms with E-state index in [9.17, 15) is 0 Å². The maximum Gasteiger partial charge on any atom is 0.162 e. The number of allylic oxidation sites excluding steroid dienone is 3. The second kappa shape index (κ2) is 9.93. The molecule has 2 aliphatic heterocycles. The van der Waals surface area contributed by atoms with Crippen molar-refractivity contribution in [2.75, 3.05) is 33.4 Å². The van der Waals surface area contributed by atoms with Gasteiger partial charge in [0.1, 0.15) is 12.0 Å². The van der Waals surface area contributed by atoms with E-state index >= 15 is 0 Å². The topological polar surface area (TPSA) is 33.7 Å². The van der Waals surface area contributed by atoms with Gasteiger partial charge in [0.05, 0.1) is 15.1 Å². The van der Waals surface area contributed by atoms with E-state index in [0.29, 0.717) is 18.5 Å². The van der Waals surface area contributed by atoms with Crippen LogP contribution >= 0.6 is 0 Å². The summed E-state index contributed by atoms with van der Waals surface area (Å²) in [5, 5.41) is 0.769. The fourth-order valence-corrected chi connectivity index (χ4v) is 4.79. The van der Waals surface area contributed by atoms with Crippen molar-refractivity contribution < 1.29 is 16.4 Å². The van der Waals surface area contributed by atoms with Gasteiger partial charge in [-0.25, -0.2) is 0 Å². The van der Waals surface area contributed by atoms with Crippen molar-refractivity contribution in [2.45, 2.75) is 44.7 Å². The van der Waals surface area contributed by atoms with Gasteiger partial charge in [0.2, 0.25) is 0 Å². The number of nitrogens with one attached hydrogen (secondary N) is 1. The Kier molecular flexibility index (Phi) is 5.00. The number of ether oxygens (including phenoxy) is 2. The van der Waals surface area contributed by atoms with Gasteiger partial charge in [-0.1, -0.05) is 36.4 Å². The Labute approximate surface area is 199 Å². The summed E-state index contributed by atoms with van der Waals surface area (Å²) in [5.41, 5.74) is 5.13. The third-order valence-corrected chi connectivity index (χ3v) is 6.46. The average Bonchev–Trinajstić information content (AvgIpc) is 3.43. The van der Waals surface area contributed by atoms with E-state index in [1.54, 1.807) is 7.11 Å². The van der Waals surface area contributed by atoms with Crippen LogP contribution in [0.15, 0.2) is 60.3 Å². The van der Waals surface area contributed by atoms with Crippen LogP contribution in [0, 0.1) is 0 Å². The van der Waals surface area contributed by atoms with Gasteiger partial charge in [-0.15, -0.1) is 0 Å². The number of hydrogen-bond acceptors (Lipinski definition) is 4. The Bertz CT molecular complexity index is 1200. The molecule has 5 rings (SSSR count). The summed E-state index contributed by atoms with van der Waals surface area (Å²) >= 11 is 0. The minimum absolute atomic E-state index is 0.134. The summed E-state index contributed by atoms with van der Waals surface area (Å²) in [6.07, 6.45) is -1.01. The number of benzene rings is 2. The summed E-state index contributed by atoms with van der Waals surface area (Å²) in [7, 11) is 1.63. The number of methoxy groups -OCH3 is 1. The zero-order chi connectivity index (χ0) is 26.2. The zero-order valence-electron chi connectivity index (χ0n) is 23.6. The second-order valence-corrected chi connectivity index (χ2v) is 8.45. The molecular formula is C28H34N2O2. The lowest BCUT2D eigenvalue weighted by Crippen LogP contribution is -2.34. The van der Waals surface area contributed by atoms with E-state index in [4.69, 9.17) is 16.4 Å². The highest BCUT2D eigenvalue weighted by atomic mass is 16.5. The first-order valence-electron chi connectivity index (χ1n) is 14.0. The molecule has 1 N–H and O–H groups in total. The molecule has 0 amide bonds. The molecule has 2 aromatic carbocycles. The molecule has 0 radical (unpaired) electrons. The molecule has 4 nitrogen and oxygen atoms in total. The number of aryl methyl sites for hydroxylation is 1. The van der Waals surface area contributed by atoms with Crippen LogP contribution in [-0.2, 0) is 11.2 Å². The van der Waals surface area contributed by atoms with Crippen LogP contribution in [0.25, 0.3) is 11.1 Å². The molecular weight excluding hydrogens is 396 g/mol. The third kappa shape index (κ3) is 4.62. The third-order valence-electron chi connectivity index (χ3n) is 6.46. The highest BCUT2D eigenvalue weighted by Gasteiger charge is 2.26. The lowest BCUT2D eigenvalue weighted by Gasteiger charge is -2.30. The van der Waals surface area contributed by atoms with Crippen molar-refractivity contribution >= 4 is 11.1 Å². The quantitative estimate of drug-likeness (QED) is 0.643. The number of likely N-dealkylation sites (tertiary alicyclic amines) is 1. The Morgan fingerprint density at radius 2 is 2.00 bits per heavy atom. The van der Waals surface area contributed by atoms with E-state index in [2.05, 4.69) is 4.90 Å². The molecule has 1 saturated heterocycles. The van der Waals surface area contributed by atoms with Crippen molar-refractivity contribution in [1.82, 2.24) is 10.2 Å². The first-order valence-corrected chi connectivity index (χ1v) is 11.5. The molecule has 0 aromatic heterocycles. The Hall–Kier alpha value is -2.56. The molecule has 3 aliphatic rings. The van der Waals surface area contributed by atoms with E-state index in [1.165, 1.54) is 6.20 Å². The maximum atomic E-state index is 9.07. The fourth-order valence-electron chi connectivity index (χ4n) is 4.79. The van der Waals surface area contributed by atoms with E-state index < -0.39 is 19.0 Å². The van der Waals surface area contributed by atoms with Gasteiger partial charge in [0.25, 0.3) is 0 Å². The van der Waals surface area contributed by atoms with Crippen molar-refractivity contribution in [1.29, 1.82) is 0 Å². The SMILES string of the molecule is [2H]C1C(C2=C(c3ccccc3)CCc3cc(OC)ccc32)=CN([2H])C([2H])(OCCN2CCCC2)C1([2H])[2H]. The molecule has 0 bridgehead atoms. The minimum Gasteiger partial charge on any atom is -0.497 e. The average molecular weight is 436 g/mol. The van der Waals surface area contributed by atoms with Gasteiger partial charge >= 0.3 is 0 Å². The van der Waals surface area contributed by atoms with Crippen LogP contribution in [0.5, 0.6) is 5.75 Å².